The van der Waals surface area contributed by atoms with Gasteiger partial charge in [-0.25, -0.2) is 0 Å². The van der Waals surface area contributed by atoms with Gasteiger partial charge in [-0.15, -0.1) is 11.3 Å². The predicted molar refractivity (Wildman–Crippen MR) is 121 cm³/mol. The number of hydrogen-bond donors (Lipinski definition) is 3. The molecule has 3 aromatic heterocycles. The smallest absolute Gasteiger partial charge is 0.271 e. The Morgan fingerprint density at radius 2 is 2.03 bits per heavy atom. The highest BCUT2D eigenvalue weighted by atomic mass is 32.1. The molecule has 156 valence electrons. The summed E-state index contributed by atoms with van der Waals surface area (Å²) < 4.78 is 1.85. The van der Waals surface area contributed by atoms with Crippen LogP contribution in [0.5, 0.6) is 0 Å². The van der Waals surface area contributed by atoms with Crippen LogP contribution < -0.4 is 11.1 Å². The number of nitrogens with two attached hydrogens (primary N) is 1. The number of thiophene rings is 1. The number of benzene rings is 1. The zero-order valence-electron chi connectivity index (χ0n) is 16.7. The first-order valence-corrected chi connectivity index (χ1v) is 10.4. The molecular formula is C22H20N6O2S. The monoisotopic (exact) mass is 432 g/mol. The van der Waals surface area contributed by atoms with E-state index in [9.17, 15) is 9.59 Å². The van der Waals surface area contributed by atoms with Crippen LogP contribution in [-0.4, -0.2) is 31.8 Å². The summed E-state index contributed by atoms with van der Waals surface area (Å²) in [7, 11) is 0. The van der Waals surface area contributed by atoms with Crippen LogP contribution in [0.2, 0.25) is 0 Å². The summed E-state index contributed by atoms with van der Waals surface area (Å²) in [6.07, 6.45) is 5.01. The molecule has 3 heterocycles. The normalized spacial score (nSPS) is 11.1. The van der Waals surface area contributed by atoms with Crippen LogP contribution in [0.15, 0.2) is 60.1 Å². The van der Waals surface area contributed by atoms with E-state index >= 15 is 0 Å². The van der Waals surface area contributed by atoms with E-state index in [1.165, 1.54) is 6.08 Å². The highest BCUT2D eigenvalue weighted by Gasteiger charge is 2.17. The maximum absolute atomic E-state index is 12.5. The third-order valence-corrected chi connectivity index (χ3v) is 5.45. The molecule has 0 saturated carbocycles. The Morgan fingerprint density at radius 3 is 2.74 bits per heavy atom. The van der Waals surface area contributed by atoms with Gasteiger partial charge in [0.05, 0.1) is 22.8 Å². The Labute approximate surface area is 182 Å². The molecule has 31 heavy (non-hydrogen) atoms. The first-order valence-electron chi connectivity index (χ1n) is 9.50. The standard InChI is InChI=1S/C22H20N6O2S/c1-14-19(21(22(23)30)26-25-14)24-18(29)10-9-16-13-28(12-15-6-3-2-4-7-15)27-20(16)17-8-5-11-31-17/h2-11,13H,12H2,1H3,(H2,23,30)(H,24,29)(H,25,26)/b10-9+. The second kappa shape index (κ2) is 8.80. The molecule has 9 heteroatoms. The lowest BCUT2D eigenvalue weighted by atomic mass is 10.2. The van der Waals surface area contributed by atoms with Crippen molar-refractivity contribution in [2.75, 3.05) is 5.32 Å². The number of rotatable bonds is 7. The molecule has 1 aromatic carbocycles. The van der Waals surface area contributed by atoms with Gasteiger partial charge in [-0.3, -0.25) is 19.4 Å². The van der Waals surface area contributed by atoms with Gasteiger partial charge in [0.1, 0.15) is 5.69 Å². The number of anilines is 1. The first-order chi connectivity index (χ1) is 15.0. The number of aromatic nitrogens is 4. The van der Waals surface area contributed by atoms with E-state index in [-0.39, 0.29) is 11.4 Å². The van der Waals surface area contributed by atoms with E-state index in [0.717, 1.165) is 21.7 Å². The molecule has 0 aliphatic rings. The van der Waals surface area contributed by atoms with Crippen LogP contribution in [-0.2, 0) is 11.3 Å². The molecule has 0 bridgehead atoms. The van der Waals surface area contributed by atoms with Crippen LogP contribution in [0, 0.1) is 6.92 Å². The van der Waals surface area contributed by atoms with Gasteiger partial charge in [0.15, 0.2) is 5.69 Å². The highest BCUT2D eigenvalue weighted by Crippen LogP contribution is 2.28. The van der Waals surface area contributed by atoms with E-state index < -0.39 is 11.8 Å². The topological polar surface area (TPSA) is 119 Å². The summed E-state index contributed by atoms with van der Waals surface area (Å²) in [5, 5.41) is 15.8. The van der Waals surface area contributed by atoms with Crippen LogP contribution >= 0.6 is 11.3 Å². The molecule has 0 radical (unpaired) electrons. The van der Waals surface area contributed by atoms with Crippen molar-refractivity contribution in [3.05, 3.63) is 82.6 Å². The fourth-order valence-corrected chi connectivity index (χ4v) is 3.84. The maximum atomic E-state index is 12.5. The number of carbonyl (C=O) groups is 2. The fraction of sp³-hybridized carbons (Fsp3) is 0.0909. The number of primary amides is 1. The summed E-state index contributed by atoms with van der Waals surface area (Å²) in [6, 6.07) is 14.0. The molecule has 4 rings (SSSR count). The summed E-state index contributed by atoms with van der Waals surface area (Å²) in [5.74, 6) is -1.12. The molecular weight excluding hydrogens is 412 g/mol. The Morgan fingerprint density at radius 1 is 1.23 bits per heavy atom. The summed E-state index contributed by atoms with van der Waals surface area (Å²) in [6.45, 7) is 2.32. The van der Waals surface area contributed by atoms with Crippen molar-refractivity contribution in [3.8, 4) is 10.6 Å². The van der Waals surface area contributed by atoms with Gasteiger partial charge in [-0.05, 0) is 30.0 Å². The number of nitrogens with zero attached hydrogens (tertiary/aromatic N) is 3. The second-order valence-corrected chi connectivity index (χ2v) is 7.80. The van der Waals surface area contributed by atoms with Crippen molar-refractivity contribution in [2.45, 2.75) is 13.5 Å². The average molecular weight is 433 g/mol. The Balaban J connectivity index is 1.58. The molecule has 0 aliphatic heterocycles. The van der Waals surface area contributed by atoms with E-state index in [4.69, 9.17) is 10.8 Å². The molecule has 0 spiro atoms. The zero-order chi connectivity index (χ0) is 21.8. The Bertz CT molecular complexity index is 1240. The number of nitrogens with one attached hydrogen (secondary N) is 2. The van der Waals surface area contributed by atoms with Crippen molar-refractivity contribution >= 4 is 34.9 Å². The largest absolute Gasteiger partial charge is 0.364 e. The number of H-pyrrole nitrogens is 1. The highest BCUT2D eigenvalue weighted by molar-refractivity contribution is 7.13. The first kappa shape index (κ1) is 20.3. The van der Waals surface area contributed by atoms with Gasteiger partial charge < -0.3 is 11.1 Å². The van der Waals surface area contributed by atoms with Crippen molar-refractivity contribution in [2.24, 2.45) is 5.73 Å². The maximum Gasteiger partial charge on any atom is 0.271 e. The number of amides is 2. The summed E-state index contributed by atoms with van der Waals surface area (Å²) in [5.41, 5.74) is 8.87. The van der Waals surface area contributed by atoms with E-state index in [1.54, 1.807) is 24.3 Å². The SMILES string of the molecule is Cc1[nH]nc(C(N)=O)c1NC(=O)/C=C/c1cn(Cc2ccccc2)nc1-c1cccs1. The van der Waals surface area contributed by atoms with Crippen LogP contribution in [0.1, 0.15) is 27.3 Å². The van der Waals surface area contributed by atoms with Gasteiger partial charge in [-0.2, -0.15) is 10.2 Å². The third kappa shape index (κ3) is 4.62. The van der Waals surface area contributed by atoms with Crippen molar-refractivity contribution < 1.29 is 9.59 Å². The Hall–Kier alpha value is -3.98. The van der Waals surface area contributed by atoms with Gasteiger partial charge in [0.25, 0.3) is 5.91 Å². The lowest BCUT2D eigenvalue weighted by molar-refractivity contribution is -0.111. The van der Waals surface area contributed by atoms with Crippen LogP contribution in [0.3, 0.4) is 0 Å². The molecule has 4 aromatic rings. The Kier molecular flexibility index (Phi) is 5.76. The van der Waals surface area contributed by atoms with E-state index in [2.05, 4.69) is 15.5 Å². The minimum atomic E-state index is -0.717. The summed E-state index contributed by atoms with van der Waals surface area (Å²) in [4.78, 5) is 25.0. The molecule has 0 aliphatic carbocycles. The minimum Gasteiger partial charge on any atom is -0.364 e. The van der Waals surface area contributed by atoms with Crippen molar-refractivity contribution in [1.82, 2.24) is 20.0 Å². The number of hydrogen-bond acceptors (Lipinski definition) is 5. The molecule has 4 N–H and O–H groups in total. The number of aromatic amines is 1. The second-order valence-electron chi connectivity index (χ2n) is 6.85. The fourth-order valence-electron chi connectivity index (χ4n) is 3.11. The van der Waals surface area contributed by atoms with Gasteiger partial charge in [0, 0.05) is 17.8 Å². The molecule has 8 nitrogen and oxygen atoms in total. The lowest BCUT2D eigenvalue weighted by Crippen LogP contribution is -2.16. The van der Waals surface area contributed by atoms with E-state index in [1.807, 2.05) is 58.7 Å². The zero-order valence-corrected chi connectivity index (χ0v) is 17.5. The quantitative estimate of drug-likeness (QED) is 0.388. The number of carbonyl (C=O) groups excluding carboxylic acids is 2. The van der Waals surface area contributed by atoms with E-state index in [0.29, 0.717) is 12.2 Å². The van der Waals surface area contributed by atoms with Crippen molar-refractivity contribution in [3.63, 3.8) is 0 Å². The molecule has 0 atom stereocenters. The molecule has 0 saturated heterocycles. The summed E-state index contributed by atoms with van der Waals surface area (Å²) >= 11 is 1.58. The van der Waals surface area contributed by atoms with Gasteiger partial charge in [0.2, 0.25) is 5.91 Å². The molecule has 0 unspecified atom stereocenters. The molecule has 0 fully saturated rings. The van der Waals surface area contributed by atoms with Crippen LogP contribution in [0.25, 0.3) is 16.6 Å². The van der Waals surface area contributed by atoms with Gasteiger partial charge >= 0.3 is 0 Å². The third-order valence-electron chi connectivity index (χ3n) is 4.58. The minimum absolute atomic E-state index is 0.00537. The average Bonchev–Trinajstić information content (AvgIpc) is 3.48. The molecule has 2 amide bonds. The van der Waals surface area contributed by atoms with Crippen LogP contribution in [0.4, 0.5) is 5.69 Å². The predicted octanol–water partition coefficient (Wildman–Crippen LogP) is 3.44. The lowest BCUT2D eigenvalue weighted by Gasteiger charge is -2.02. The van der Waals surface area contributed by atoms with Gasteiger partial charge in [-0.1, -0.05) is 36.4 Å². The van der Waals surface area contributed by atoms with Crippen molar-refractivity contribution in [1.29, 1.82) is 0 Å². The number of aryl methyl sites for hydroxylation is 1.